The van der Waals surface area contributed by atoms with E-state index in [4.69, 9.17) is 4.74 Å². The zero-order chi connectivity index (χ0) is 17.8. The normalized spacial score (nSPS) is 16.6. The van der Waals surface area contributed by atoms with E-state index in [1.165, 1.54) is 0 Å². The van der Waals surface area contributed by atoms with Crippen molar-refractivity contribution in [3.8, 4) is 5.88 Å². The molecular weight excluding hydrogens is 318 g/mol. The SMILES string of the molecule is Cc1cccc(NC(=O)N2CCC(Oc3cncc(N(C)C)n3)C2)c1. The molecule has 1 fully saturated rings. The van der Waals surface area contributed by atoms with E-state index in [9.17, 15) is 4.79 Å². The second kappa shape index (κ2) is 7.38. The van der Waals surface area contributed by atoms with Crippen molar-refractivity contribution in [2.24, 2.45) is 0 Å². The molecule has 0 spiro atoms. The predicted molar refractivity (Wildman–Crippen MR) is 97.2 cm³/mol. The van der Waals surface area contributed by atoms with Gasteiger partial charge < -0.3 is 19.9 Å². The molecule has 7 heteroatoms. The number of anilines is 2. The fourth-order valence-corrected chi connectivity index (χ4v) is 2.72. The first-order valence-corrected chi connectivity index (χ1v) is 8.30. The molecule has 0 bridgehead atoms. The molecule has 25 heavy (non-hydrogen) atoms. The lowest BCUT2D eigenvalue weighted by Gasteiger charge is -2.18. The molecule has 1 N–H and O–H groups in total. The standard InChI is InChI=1S/C18H23N5O2/c1-13-5-4-6-14(9-13)20-18(24)23-8-7-15(12-23)25-17-11-19-10-16(21-17)22(2)3/h4-6,9-11,15H,7-8,12H2,1-3H3,(H,20,24). The van der Waals surface area contributed by atoms with Gasteiger partial charge in [-0.05, 0) is 24.6 Å². The minimum absolute atomic E-state index is 0.0741. The van der Waals surface area contributed by atoms with E-state index in [1.54, 1.807) is 17.3 Å². The van der Waals surface area contributed by atoms with Crippen LogP contribution < -0.4 is 15.0 Å². The number of urea groups is 1. The zero-order valence-electron chi connectivity index (χ0n) is 14.8. The van der Waals surface area contributed by atoms with Gasteiger partial charge in [-0.1, -0.05) is 12.1 Å². The number of aromatic nitrogens is 2. The van der Waals surface area contributed by atoms with E-state index in [0.717, 1.165) is 23.5 Å². The molecule has 0 radical (unpaired) electrons. The Labute approximate surface area is 147 Å². The smallest absolute Gasteiger partial charge is 0.321 e. The first-order chi connectivity index (χ1) is 12.0. The predicted octanol–water partition coefficient (Wildman–Crippen LogP) is 2.54. The number of rotatable bonds is 4. The van der Waals surface area contributed by atoms with Gasteiger partial charge in [-0.2, -0.15) is 4.98 Å². The second-order valence-corrected chi connectivity index (χ2v) is 6.38. The molecule has 2 heterocycles. The van der Waals surface area contributed by atoms with Crippen LogP contribution in [-0.4, -0.2) is 54.2 Å². The van der Waals surface area contributed by atoms with Crippen LogP contribution in [0.1, 0.15) is 12.0 Å². The summed E-state index contributed by atoms with van der Waals surface area (Å²) in [4.78, 5) is 24.6. The average Bonchev–Trinajstić information content (AvgIpc) is 3.04. The van der Waals surface area contributed by atoms with Gasteiger partial charge in [-0.3, -0.25) is 4.98 Å². The summed E-state index contributed by atoms with van der Waals surface area (Å²) in [7, 11) is 3.81. The fourth-order valence-electron chi connectivity index (χ4n) is 2.72. The summed E-state index contributed by atoms with van der Waals surface area (Å²) < 4.78 is 5.89. The van der Waals surface area contributed by atoms with Gasteiger partial charge in [0.1, 0.15) is 6.10 Å². The van der Waals surface area contributed by atoms with Crippen LogP contribution >= 0.6 is 0 Å². The topological polar surface area (TPSA) is 70.6 Å². The summed E-state index contributed by atoms with van der Waals surface area (Å²) >= 11 is 0. The van der Waals surface area contributed by atoms with Gasteiger partial charge in [-0.25, -0.2) is 4.79 Å². The van der Waals surface area contributed by atoms with Crippen molar-refractivity contribution >= 4 is 17.5 Å². The lowest BCUT2D eigenvalue weighted by molar-refractivity contribution is 0.189. The maximum atomic E-state index is 12.4. The van der Waals surface area contributed by atoms with Gasteiger partial charge in [0.25, 0.3) is 0 Å². The van der Waals surface area contributed by atoms with Gasteiger partial charge in [0.05, 0.1) is 18.9 Å². The molecule has 1 aromatic carbocycles. The Balaban J connectivity index is 1.56. The Morgan fingerprint density at radius 3 is 2.96 bits per heavy atom. The van der Waals surface area contributed by atoms with Crippen LogP contribution in [0.5, 0.6) is 5.88 Å². The van der Waals surface area contributed by atoms with E-state index in [0.29, 0.717) is 19.0 Å². The first kappa shape index (κ1) is 17.0. The number of amides is 2. The molecule has 3 rings (SSSR count). The molecule has 1 saturated heterocycles. The van der Waals surface area contributed by atoms with Gasteiger partial charge in [0.2, 0.25) is 5.88 Å². The van der Waals surface area contributed by atoms with Crippen LogP contribution in [-0.2, 0) is 0 Å². The average molecular weight is 341 g/mol. The Morgan fingerprint density at radius 1 is 1.36 bits per heavy atom. The maximum absolute atomic E-state index is 12.4. The monoisotopic (exact) mass is 341 g/mol. The lowest BCUT2D eigenvalue weighted by atomic mass is 10.2. The van der Waals surface area contributed by atoms with E-state index in [-0.39, 0.29) is 12.1 Å². The Morgan fingerprint density at radius 2 is 2.20 bits per heavy atom. The molecule has 7 nitrogen and oxygen atoms in total. The molecule has 132 valence electrons. The van der Waals surface area contributed by atoms with Gasteiger partial charge in [-0.15, -0.1) is 0 Å². The highest BCUT2D eigenvalue weighted by Crippen LogP contribution is 2.19. The van der Waals surface area contributed by atoms with Gasteiger partial charge >= 0.3 is 6.03 Å². The third kappa shape index (κ3) is 4.37. The lowest BCUT2D eigenvalue weighted by Crippen LogP contribution is -2.34. The van der Waals surface area contributed by atoms with Crippen LogP contribution in [0, 0.1) is 6.92 Å². The van der Waals surface area contributed by atoms with Gasteiger partial charge in [0, 0.05) is 32.7 Å². The van der Waals surface area contributed by atoms with E-state index >= 15 is 0 Å². The quantitative estimate of drug-likeness (QED) is 0.925. The number of hydrogen-bond acceptors (Lipinski definition) is 5. The number of likely N-dealkylation sites (tertiary alicyclic amines) is 1. The summed E-state index contributed by atoms with van der Waals surface area (Å²) in [6.07, 6.45) is 3.98. The molecule has 1 aliphatic heterocycles. The molecule has 1 atom stereocenters. The van der Waals surface area contributed by atoms with Crippen molar-refractivity contribution in [3.63, 3.8) is 0 Å². The van der Waals surface area contributed by atoms with Crippen molar-refractivity contribution < 1.29 is 9.53 Å². The minimum atomic E-state index is -0.107. The molecular formula is C18H23N5O2. The first-order valence-electron chi connectivity index (χ1n) is 8.30. The molecule has 2 aromatic rings. The highest BCUT2D eigenvalue weighted by molar-refractivity contribution is 5.89. The number of hydrogen-bond donors (Lipinski definition) is 1. The number of ether oxygens (including phenoxy) is 1. The Bertz CT molecular complexity index is 750. The number of carbonyl (C=O) groups excluding carboxylic acids is 1. The highest BCUT2D eigenvalue weighted by Gasteiger charge is 2.28. The second-order valence-electron chi connectivity index (χ2n) is 6.38. The molecule has 1 aliphatic rings. The van der Waals surface area contributed by atoms with Crippen LogP contribution in [0.25, 0.3) is 0 Å². The fraction of sp³-hybridized carbons (Fsp3) is 0.389. The number of nitrogens with one attached hydrogen (secondary N) is 1. The van der Waals surface area contributed by atoms with Crippen molar-refractivity contribution in [1.29, 1.82) is 0 Å². The van der Waals surface area contributed by atoms with Crippen LogP contribution in [0.15, 0.2) is 36.7 Å². The minimum Gasteiger partial charge on any atom is -0.471 e. The number of nitrogens with zero attached hydrogens (tertiary/aromatic N) is 4. The van der Waals surface area contributed by atoms with Crippen molar-refractivity contribution in [2.75, 3.05) is 37.4 Å². The molecule has 0 saturated carbocycles. The summed E-state index contributed by atoms with van der Waals surface area (Å²) in [6, 6.07) is 7.65. The highest BCUT2D eigenvalue weighted by atomic mass is 16.5. The van der Waals surface area contributed by atoms with Crippen molar-refractivity contribution in [2.45, 2.75) is 19.4 Å². The number of aryl methyl sites for hydroxylation is 1. The molecule has 2 amide bonds. The zero-order valence-corrected chi connectivity index (χ0v) is 14.8. The number of benzene rings is 1. The van der Waals surface area contributed by atoms with Crippen molar-refractivity contribution in [3.05, 3.63) is 42.2 Å². The molecule has 0 aliphatic carbocycles. The summed E-state index contributed by atoms with van der Waals surface area (Å²) in [5, 5.41) is 2.93. The summed E-state index contributed by atoms with van der Waals surface area (Å²) in [6.45, 7) is 3.19. The largest absolute Gasteiger partial charge is 0.471 e. The van der Waals surface area contributed by atoms with E-state index < -0.39 is 0 Å². The van der Waals surface area contributed by atoms with Crippen LogP contribution in [0.3, 0.4) is 0 Å². The summed E-state index contributed by atoms with van der Waals surface area (Å²) in [5.41, 5.74) is 1.92. The van der Waals surface area contributed by atoms with Gasteiger partial charge in [0.15, 0.2) is 5.82 Å². The van der Waals surface area contributed by atoms with E-state index in [2.05, 4.69) is 15.3 Å². The Hall–Kier alpha value is -2.83. The number of carbonyl (C=O) groups is 1. The maximum Gasteiger partial charge on any atom is 0.321 e. The molecule has 1 unspecified atom stereocenters. The van der Waals surface area contributed by atoms with Crippen molar-refractivity contribution in [1.82, 2.24) is 14.9 Å². The summed E-state index contributed by atoms with van der Waals surface area (Å²) in [5.74, 6) is 1.22. The van der Waals surface area contributed by atoms with Crippen LogP contribution in [0.2, 0.25) is 0 Å². The molecule has 1 aromatic heterocycles. The Kier molecular flexibility index (Phi) is 5.02. The van der Waals surface area contributed by atoms with Crippen LogP contribution in [0.4, 0.5) is 16.3 Å². The third-order valence-electron chi connectivity index (χ3n) is 4.05. The third-order valence-corrected chi connectivity index (χ3v) is 4.05. The van der Waals surface area contributed by atoms with E-state index in [1.807, 2.05) is 50.2 Å².